The Morgan fingerprint density at radius 1 is 1.22 bits per heavy atom. The van der Waals surface area contributed by atoms with E-state index in [0.717, 1.165) is 47.5 Å². The van der Waals surface area contributed by atoms with Crippen LogP contribution in [-0.4, -0.2) is 40.5 Å². The number of allylic oxidation sites excluding steroid dienone is 1. The van der Waals surface area contributed by atoms with Gasteiger partial charge in [-0.3, -0.25) is 14.1 Å². The van der Waals surface area contributed by atoms with E-state index in [4.69, 9.17) is 0 Å². The molecule has 1 N–H and O–H groups in total. The molecule has 0 bridgehead atoms. The van der Waals surface area contributed by atoms with Gasteiger partial charge in [-0.1, -0.05) is 51.5 Å². The first kappa shape index (κ1) is 24.7. The standard InChI is InChI=1S/C28H34N8O/c1-5-6-10-23-18-35(26-24(20(2)3)11-16-34(26)4)27(37)36(23)19-28(12-14-29-15-13-28)22-9-7-8-21(17-22)25-30-32-33-31-25/h7-9,11-12,14-18,20H,5-6,10,13,19H2,1-4H3,(H,30,31,32,33). The lowest BCUT2D eigenvalue weighted by Crippen LogP contribution is -2.37. The van der Waals surface area contributed by atoms with Crippen molar-refractivity contribution in [1.29, 1.82) is 0 Å². The van der Waals surface area contributed by atoms with E-state index in [1.54, 1.807) is 0 Å². The summed E-state index contributed by atoms with van der Waals surface area (Å²) in [6, 6.07) is 10.3. The fourth-order valence-corrected chi connectivity index (χ4v) is 5.20. The molecule has 4 heterocycles. The molecule has 0 fully saturated rings. The number of H-pyrrole nitrogens is 1. The molecule has 0 amide bonds. The molecule has 3 aromatic heterocycles. The average Bonchev–Trinajstić information content (AvgIpc) is 3.64. The SMILES string of the molecule is CCCCc1cn(-c2c(C(C)C)ccn2C)c(=O)n1CC1(c2cccc(-c3nnn[nH]3)c2)C=CN=CC1. The number of nitrogens with zero attached hydrogens (tertiary/aromatic N) is 7. The third-order valence-corrected chi connectivity index (χ3v) is 7.31. The Hall–Kier alpha value is -4.01. The molecule has 1 aliphatic rings. The number of aromatic nitrogens is 7. The smallest absolute Gasteiger partial charge is 0.334 e. The minimum atomic E-state index is -0.433. The van der Waals surface area contributed by atoms with Crippen molar-refractivity contribution >= 4 is 6.21 Å². The maximum absolute atomic E-state index is 14.1. The van der Waals surface area contributed by atoms with Gasteiger partial charge in [0.05, 0.1) is 0 Å². The second kappa shape index (κ2) is 10.2. The van der Waals surface area contributed by atoms with E-state index in [1.165, 1.54) is 0 Å². The minimum absolute atomic E-state index is 0.0133. The van der Waals surface area contributed by atoms with E-state index >= 15 is 0 Å². The predicted octanol–water partition coefficient (Wildman–Crippen LogP) is 4.55. The summed E-state index contributed by atoms with van der Waals surface area (Å²) < 4.78 is 5.85. The third-order valence-electron chi connectivity index (χ3n) is 7.31. The maximum Gasteiger partial charge on any atom is 0.334 e. The summed E-state index contributed by atoms with van der Waals surface area (Å²) in [5.74, 6) is 1.86. The molecule has 0 saturated carbocycles. The molecule has 9 nitrogen and oxygen atoms in total. The van der Waals surface area contributed by atoms with Crippen molar-refractivity contribution in [3.8, 4) is 17.2 Å². The molecule has 5 rings (SSSR count). The molecular weight excluding hydrogens is 464 g/mol. The lowest BCUT2D eigenvalue weighted by molar-refractivity contribution is 0.438. The highest BCUT2D eigenvalue weighted by atomic mass is 16.1. The van der Waals surface area contributed by atoms with E-state index in [9.17, 15) is 4.79 Å². The monoisotopic (exact) mass is 498 g/mol. The Morgan fingerprint density at radius 3 is 2.78 bits per heavy atom. The van der Waals surface area contributed by atoms with Gasteiger partial charge in [0.15, 0.2) is 5.82 Å². The van der Waals surface area contributed by atoms with Crippen LogP contribution in [0.15, 0.2) is 64.8 Å². The summed E-state index contributed by atoms with van der Waals surface area (Å²) in [6.45, 7) is 7.02. The van der Waals surface area contributed by atoms with E-state index in [1.807, 2.05) is 57.7 Å². The molecule has 4 aromatic rings. The molecule has 1 aromatic carbocycles. The van der Waals surface area contributed by atoms with Crippen LogP contribution in [0, 0.1) is 0 Å². The number of aryl methyl sites for hydroxylation is 2. The van der Waals surface area contributed by atoms with Gasteiger partial charge >= 0.3 is 5.69 Å². The summed E-state index contributed by atoms with van der Waals surface area (Å²) in [5.41, 5.74) is 3.76. The van der Waals surface area contributed by atoms with Crippen LogP contribution in [0.1, 0.15) is 62.8 Å². The van der Waals surface area contributed by atoms with Crippen LogP contribution in [0.5, 0.6) is 0 Å². The molecule has 1 unspecified atom stereocenters. The number of hydrogen-bond donors (Lipinski definition) is 1. The number of tetrazole rings is 1. The summed E-state index contributed by atoms with van der Waals surface area (Å²) in [6.07, 6.45) is 13.6. The summed E-state index contributed by atoms with van der Waals surface area (Å²) >= 11 is 0. The largest absolute Gasteiger partial charge is 0.337 e. The van der Waals surface area contributed by atoms with Crippen LogP contribution in [-0.2, 0) is 25.4 Å². The highest BCUT2D eigenvalue weighted by molar-refractivity contribution is 5.65. The number of unbranched alkanes of at least 4 members (excludes halogenated alkanes) is 1. The molecule has 1 aliphatic heterocycles. The fourth-order valence-electron chi connectivity index (χ4n) is 5.20. The van der Waals surface area contributed by atoms with Crippen molar-refractivity contribution < 1.29 is 0 Å². The average molecular weight is 499 g/mol. The summed E-state index contributed by atoms with van der Waals surface area (Å²) in [4.78, 5) is 18.5. The minimum Gasteiger partial charge on any atom is -0.337 e. The molecule has 0 aliphatic carbocycles. The topological polar surface area (TPSA) is 98.7 Å². The molecule has 0 spiro atoms. The van der Waals surface area contributed by atoms with Crippen LogP contribution >= 0.6 is 0 Å². The van der Waals surface area contributed by atoms with Crippen molar-refractivity contribution in [2.75, 3.05) is 0 Å². The van der Waals surface area contributed by atoms with Gasteiger partial charge in [-0.2, -0.15) is 0 Å². The molecule has 1 atom stereocenters. The zero-order chi connectivity index (χ0) is 26.0. The van der Waals surface area contributed by atoms with E-state index in [2.05, 4.69) is 70.7 Å². The first-order chi connectivity index (χ1) is 17.9. The normalized spacial score (nSPS) is 17.2. The Labute approximate surface area is 216 Å². The van der Waals surface area contributed by atoms with Gasteiger partial charge in [-0.25, -0.2) is 9.89 Å². The quantitative estimate of drug-likeness (QED) is 0.366. The van der Waals surface area contributed by atoms with Gasteiger partial charge in [0, 0.05) is 55.1 Å². The molecule has 192 valence electrons. The fraction of sp³-hybridized carbons (Fsp3) is 0.393. The zero-order valence-electron chi connectivity index (χ0n) is 21.9. The maximum atomic E-state index is 14.1. The first-order valence-corrected chi connectivity index (χ1v) is 12.9. The Bertz CT molecular complexity index is 1480. The second-order valence-corrected chi connectivity index (χ2v) is 10.2. The molecule has 0 saturated heterocycles. The lowest BCUT2D eigenvalue weighted by atomic mass is 9.76. The second-order valence-electron chi connectivity index (χ2n) is 10.2. The zero-order valence-corrected chi connectivity index (χ0v) is 21.9. The first-order valence-electron chi connectivity index (χ1n) is 12.9. The summed E-state index contributed by atoms with van der Waals surface area (Å²) in [7, 11) is 2.00. The predicted molar refractivity (Wildman–Crippen MR) is 145 cm³/mol. The number of hydrogen-bond acceptors (Lipinski definition) is 5. The molecule has 9 heteroatoms. The van der Waals surface area contributed by atoms with Crippen LogP contribution in [0.2, 0.25) is 0 Å². The van der Waals surface area contributed by atoms with Gasteiger partial charge in [0.1, 0.15) is 5.82 Å². The number of aromatic amines is 1. The van der Waals surface area contributed by atoms with Gasteiger partial charge in [0.25, 0.3) is 0 Å². The molecule has 37 heavy (non-hydrogen) atoms. The lowest BCUT2D eigenvalue weighted by Gasteiger charge is -2.32. The summed E-state index contributed by atoms with van der Waals surface area (Å²) in [5, 5.41) is 14.4. The third kappa shape index (κ3) is 4.61. The van der Waals surface area contributed by atoms with E-state index < -0.39 is 5.41 Å². The Kier molecular flexibility index (Phi) is 6.78. The Morgan fingerprint density at radius 2 is 2.08 bits per heavy atom. The number of benzene rings is 1. The molecule has 0 radical (unpaired) electrons. The Balaban J connectivity index is 1.63. The number of aliphatic imine (C=N–C) groups is 1. The van der Waals surface area contributed by atoms with E-state index in [-0.39, 0.29) is 5.69 Å². The van der Waals surface area contributed by atoms with Gasteiger partial charge in [-0.15, -0.1) is 5.10 Å². The van der Waals surface area contributed by atoms with Crippen LogP contribution in [0.3, 0.4) is 0 Å². The van der Waals surface area contributed by atoms with Crippen molar-refractivity contribution in [1.82, 2.24) is 34.3 Å². The van der Waals surface area contributed by atoms with Crippen molar-refractivity contribution in [3.63, 3.8) is 0 Å². The van der Waals surface area contributed by atoms with Crippen LogP contribution in [0.25, 0.3) is 17.2 Å². The van der Waals surface area contributed by atoms with Gasteiger partial charge in [0.2, 0.25) is 0 Å². The highest BCUT2D eigenvalue weighted by Gasteiger charge is 2.33. The van der Waals surface area contributed by atoms with Gasteiger partial charge in [-0.05, 0) is 58.9 Å². The highest BCUT2D eigenvalue weighted by Crippen LogP contribution is 2.35. The number of nitrogens with one attached hydrogen (secondary N) is 1. The van der Waals surface area contributed by atoms with Crippen molar-refractivity contribution in [3.05, 3.63) is 82.3 Å². The van der Waals surface area contributed by atoms with Crippen molar-refractivity contribution in [2.45, 2.75) is 64.3 Å². The van der Waals surface area contributed by atoms with Crippen LogP contribution in [0.4, 0.5) is 0 Å². The van der Waals surface area contributed by atoms with E-state index in [0.29, 0.717) is 24.7 Å². The molecular formula is C28H34N8O. The van der Waals surface area contributed by atoms with Crippen molar-refractivity contribution in [2.24, 2.45) is 12.0 Å². The number of imidazole rings is 1. The van der Waals surface area contributed by atoms with Crippen LogP contribution < -0.4 is 5.69 Å². The number of rotatable bonds is 9. The van der Waals surface area contributed by atoms with Gasteiger partial charge < -0.3 is 4.57 Å².